The number of ether oxygens (including phenoxy) is 1. The Kier molecular flexibility index (Phi) is 3.93. The number of ketones is 1. The van der Waals surface area contributed by atoms with Gasteiger partial charge in [0.1, 0.15) is 0 Å². The van der Waals surface area contributed by atoms with Gasteiger partial charge in [-0.2, -0.15) is 0 Å². The number of Topliss-reactive ketones (excluding diaryl/α,β-unsaturated/α-hetero) is 1. The van der Waals surface area contributed by atoms with E-state index in [4.69, 9.17) is 5.73 Å². The fraction of sp³-hybridized carbons (Fsp3) is 0.0667. The molecule has 0 saturated heterocycles. The molecule has 0 aliphatic carbocycles. The zero-order chi connectivity index (χ0) is 13.7. The summed E-state index contributed by atoms with van der Waals surface area (Å²) in [6.07, 6.45) is -0.950. The summed E-state index contributed by atoms with van der Waals surface area (Å²) in [7, 11) is 0. The minimum Gasteiger partial charge on any atom is -0.441 e. The molecule has 1 amide bonds. The van der Waals surface area contributed by atoms with E-state index in [0.717, 1.165) is 11.1 Å². The van der Waals surface area contributed by atoms with Crippen LogP contribution in [-0.2, 0) is 4.74 Å². The van der Waals surface area contributed by atoms with Gasteiger partial charge >= 0.3 is 6.09 Å². The molecule has 0 atom stereocenters. The summed E-state index contributed by atoms with van der Waals surface area (Å²) in [5.41, 5.74) is 7.39. The Morgan fingerprint density at radius 1 is 0.895 bits per heavy atom. The second-order valence-electron chi connectivity index (χ2n) is 3.97. The molecule has 0 unspecified atom stereocenters. The van der Waals surface area contributed by atoms with Gasteiger partial charge < -0.3 is 10.5 Å². The molecule has 0 heterocycles. The minimum absolute atomic E-state index is 0.279. The van der Waals surface area contributed by atoms with Gasteiger partial charge in [0.2, 0.25) is 0 Å². The van der Waals surface area contributed by atoms with Crippen molar-refractivity contribution in [2.45, 2.75) is 0 Å². The lowest BCUT2D eigenvalue weighted by Gasteiger charge is -2.04. The van der Waals surface area contributed by atoms with E-state index in [2.05, 4.69) is 4.74 Å². The number of hydrogen-bond donors (Lipinski definition) is 1. The van der Waals surface area contributed by atoms with Gasteiger partial charge in [0, 0.05) is 5.56 Å². The normalized spacial score (nSPS) is 9.89. The van der Waals surface area contributed by atoms with Crippen LogP contribution >= 0.6 is 0 Å². The van der Waals surface area contributed by atoms with Crippen molar-refractivity contribution in [3.8, 4) is 11.1 Å². The minimum atomic E-state index is -0.950. The lowest BCUT2D eigenvalue weighted by molar-refractivity contribution is 0.0857. The van der Waals surface area contributed by atoms with Gasteiger partial charge in [-0.3, -0.25) is 4.79 Å². The highest BCUT2D eigenvalue weighted by atomic mass is 16.5. The van der Waals surface area contributed by atoms with Crippen molar-refractivity contribution in [3.05, 3.63) is 60.2 Å². The fourth-order valence-corrected chi connectivity index (χ4v) is 1.70. The first kappa shape index (κ1) is 12.8. The second-order valence-corrected chi connectivity index (χ2v) is 3.97. The number of rotatable bonds is 4. The molecule has 0 radical (unpaired) electrons. The van der Waals surface area contributed by atoms with Crippen LogP contribution < -0.4 is 5.73 Å². The van der Waals surface area contributed by atoms with Gasteiger partial charge in [-0.05, 0) is 11.1 Å². The van der Waals surface area contributed by atoms with Crippen molar-refractivity contribution in [2.24, 2.45) is 5.73 Å². The summed E-state index contributed by atoms with van der Waals surface area (Å²) >= 11 is 0. The molecule has 19 heavy (non-hydrogen) atoms. The van der Waals surface area contributed by atoms with Crippen LogP contribution in [0.3, 0.4) is 0 Å². The Labute approximate surface area is 110 Å². The van der Waals surface area contributed by atoms with Crippen LogP contribution in [0.4, 0.5) is 4.79 Å². The summed E-state index contributed by atoms with van der Waals surface area (Å²) < 4.78 is 4.46. The molecule has 0 aliphatic heterocycles. The molecule has 0 spiro atoms. The summed E-state index contributed by atoms with van der Waals surface area (Å²) in [5.74, 6) is -0.279. The van der Waals surface area contributed by atoms with Crippen LogP contribution in [0.25, 0.3) is 11.1 Å². The van der Waals surface area contributed by atoms with Crippen molar-refractivity contribution in [2.75, 3.05) is 6.61 Å². The average Bonchev–Trinajstić information content (AvgIpc) is 2.46. The predicted octanol–water partition coefficient (Wildman–Crippen LogP) is 2.63. The molecule has 0 aromatic heterocycles. The maximum absolute atomic E-state index is 11.7. The molecule has 0 fully saturated rings. The smallest absolute Gasteiger partial charge is 0.404 e. The summed E-state index contributed by atoms with van der Waals surface area (Å²) in [6.45, 7) is -0.333. The lowest BCUT2D eigenvalue weighted by atomic mass is 10.0. The molecule has 2 rings (SSSR count). The predicted molar refractivity (Wildman–Crippen MR) is 71.7 cm³/mol. The van der Waals surface area contributed by atoms with E-state index in [1.165, 1.54) is 0 Å². The van der Waals surface area contributed by atoms with Crippen molar-refractivity contribution in [1.82, 2.24) is 0 Å². The van der Waals surface area contributed by atoms with E-state index >= 15 is 0 Å². The average molecular weight is 255 g/mol. The van der Waals surface area contributed by atoms with Crippen molar-refractivity contribution in [3.63, 3.8) is 0 Å². The maximum atomic E-state index is 11.7. The number of hydrogen-bond acceptors (Lipinski definition) is 3. The highest BCUT2D eigenvalue weighted by molar-refractivity contribution is 5.98. The van der Waals surface area contributed by atoms with Crippen molar-refractivity contribution < 1.29 is 14.3 Å². The van der Waals surface area contributed by atoms with E-state index in [1.54, 1.807) is 12.1 Å². The van der Waals surface area contributed by atoms with Crippen LogP contribution in [0.5, 0.6) is 0 Å². The van der Waals surface area contributed by atoms with E-state index < -0.39 is 6.09 Å². The van der Waals surface area contributed by atoms with Crippen LogP contribution in [0.2, 0.25) is 0 Å². The zero-order valence-corrected chi connectivity index (χ0v) is 10.2. The van der Waals surface area contributed by atoms with E-state index in [1.807, 2.05) is 42.5 Å². The lowest BCUT2D eigenvalue weighted by Crippen LogP contribution is -2.18. The quantitative estimate of drug-likeness (QED) is 0.854. The van der Waals surface area contributed by atoms with Crippen molar-refractivity contribution in [1.29, 1.82) is 0 Å². The second kappa shape index (κ2) is 5.82. The summed E-state index contributed by atoms with van der Waals surface area (Å²) in [5, 5.41) is 0. The van der Waals surface area contributed by atoms with Crippen LogP contribution in [0, 0.1) is 0 Å². The number of carbonyl (C=O) groups excluding carboxylic acids is 2. The zero-order valence-electron chi connectivity index (χ0n) is 10.2. The standard InChI is InChI=1S/C15H13NO3/c16-15(18)19-10-14(17)13-8-6-12(7-9-13)11-4-2-1-3-5-11/h1-9H,10H2,(H2,16,18). The molecule has 2 aromatic rings. The molecule has 0 aliphatic rings. The van der Waals surface area contributed by atoms with Gasteiger partial charge in [-0.25, -0.2) is 4.79 Å². The summed E-state index contributed by atoms with van der Waals surface area (Å²) in [6, 6.07) is 17.0. The van der Waals surface area contributed by atoms with E-state index in [-0.39, 0.29) is 12.4 Å². The Morgan fingerprint density at radius 3 is 2.05 bits per heavy atom. The third-order valence-corrected chi connectivity index (χ3v) is 2.66. The number of nitrogens with two attached hydrogens (primary N) is 1. The first-order valence-electron chi connectivity index (χ1n) is 5.78. The summed E-state index contributed by atoms with van der Waals surface area (Å²) in [4.78, 5) is 22.1. The molecule has 4 heteroatoms. The number of amides is 1. The Hall–Kier alpha value is -2.62. The third-order valence-electron chi connectivity index (χ3n) is 2.66. The number of benzene rings is 2. The van der Waals surface area contributed by atoms with Crippen LogP contribution in [-0.4, -0.2) is 18.5 Å². The Bertz CT molecular complexity index is 576. The SMILES string of the molecule is NC(=O)OCC(=O)c1ccc(-c2ccccc2)cc1. The first-order valence-corrected chi connectivity index (χ1v) is 5.78. The molecular weight excluding hydrogens is 242 g/mol. The van der Waals surface area contributed by atoms with E-state index in [9.17, 15) is 9.59 Å². The Morgan fingerprint density at radius 2 is 1.47 bits per heavy atom. The molecule has 4 nitrogen and oxygen atoms in total. The molecule has 96 valence electrons. The van der Waals surface area contributed by atoms with Gasteiger partial charge in [-0.15, -0.1) is 0 Å². The molecule has 0 bridgehead atoms. The number of carbonyl (C=O) groups is 2. The van der Waals surface area contributed by atoms with Crippen LogP contribution in [0.1, 0.15) is 10.4 Å². The van der Waals surface area contributed by atoms with E-state index in [0.29, 0.717) is 5.56 Å². The first-order chi connectivity index (χ1) is 9.16. The largest absolute Gasteiger partial charge is 0.441 e. The van der Waals surface area contributed by atoms with Crippen molar-refractivity contribution >= 4 is 11.9 Å². The molecule has 0 saturated carbocycles. The highest BCUT2D eigenvalue weighted by Gasteiger charge is 2.08. The molecular formula is C15H13NO3. The van der Waals surface area contributed by atoms with Crippen LogP contribution in [0.15, 0.2) is 54.6 Å². The molecule has 2 N–H and O–H groups in total. The number of primary amides is 1. The topological polar surface area (TPSA) is 69.4 Å². The highest BCUT2D eigenvalue weighted by Crippen LogP contribution is 2.19. The van der Waals surface area contributed by atoms with Gasteiger partial charge in [0.15, 0.2) is 12.4 Å². The monoisotopic (exact) mass is 255 g/mol. The Balaban J connectivity index is 2.10. The van der Waals surface area contributed by atoms with Gasteiger partial charge in [0.05, 0.1) is 0 Å². The maximum Gasteiger partial charge on any atom is 0.404 e. The van der Waals surface area contributed by atoms with Gasteiger partial charge in [-0.1, -0.05) is 54.6 Å². The fourth-order valence-electron chi connectivity index (χ4n) is 1.70. The third kappa shape index (κ3) is 3.42. The molecule has 2 aromatic carbocycles. The van der Waals surface area contributed by atoms with Gasteiger partial charge in [0.25, 0.3) is 0 Å².